The molecule has 20 heavy (non-hydrogen) atoms. The summed E-state index contributed by atoms with van der Waals surface area (Å²) < 4.78 is 0. The van der Waals surface area contributed by atoms with Crippen molar-refractivity contribution in [1.29, 1.82) is 0 Å². The van der Waals surface area contributed by atoms with Gasteiger partial charge in [-0.15, -0.1) is 0 Å². The second-order valence-corrected chi connectivity index (χ2v) is 5.83. The van der Waals surface area contributed by atoms with Gasteiger partial charge >= 0.3 is 0 Å². The summed E-state index contributed by atoms with van der Waals surface area (Å²) in [6.45, 7) is 7.92. The van der Waals surface area contributed by atoms with Crippen LogP contribution in [-0.4, -0.2) is 23.1 Å². The standard InChI is InChI=1S/C16H22N4/c1-16(2,3)13-6-4-12(5-7-13)14-10-15(18-9-8-17)20-11-19-14/h4-7,10-11H,8-9,17H2,1-3H3,(H,18,19,20). The fourth-order valence-corrected chi connectivity index (χ4v) is 1.95. The smallest absolute Gasteiger partial charge is 0.129 e. The molecule has 0 saturated carbocycles. The first kappa shape index (κ1) is 14.5. The molecule has 0 aliphatic heterocycles. The van der Waals surface area contributed by atoms with Crippen molar-refractivity contribution >= 4 is 5.82 Å². The number of nitrogens with one attached hydrogen (secondary N) is 1. The Kier molecular flexibility index (Phi) is 4.35. The Morgan fingerprint density at radius 1 is 1.10 bits per heavy atom. The molecule has 0 bridgehead atoms. The maximum atomic E-state index is 5.48. The molecule has 0 radical (unpaired) electrons. The van der Waals surface area contributed by atoms with Crippen LogP contribution in [0.5, 0.6) is 0 Å². The van der Waals surface area contributed by atoms with E-state index in [1.807, 2.05) is 6.07 Å². The van der Waals surface area contributed by atoms with E-state index in [-0.39, 0.29) is 5.41 Å². The number of nitrogens with two attached hydrogens (primary N) is 1. The summed E-state index contributed by atoms with van der Waals surface area (Å²) >= 11 is 0. The van der Waals surface area contributed by atoms with Gasteiger partial charge in [-0.1, -0.05) is 45.0 Å². The van der Waals surface area contributed by atoms with Gasteiger partial charge in [0.25, 0.3) is 0 Å². The van der Waals surface area contributed by atoms with Gasteiger partial charge in [0, 0.05) is 24.7 Å². The van der Waals surface area contributed by atoms with Gasteiger partial charge in [-0.2, -0.15) is 0 Å². The molecular weight excluding hydrogens is 248 g/mol. The summed E-state index contributed by atoms with van der Waals surface area (Å²) in [7, 11) is 0. The minimum atomic E-state index is 0.165. The fourth-order valence-electron chi connectivity index (χ4n) is 1.95. The number of hydrogen-bond donors (Lipinski definition) is 2. The predicted molar refractivity (Wildman–Crippen MR) is 83.7 cm³/mol. The zero-order valence-electron chi connectivity index (χ0n) is 12.4. The molecular formula is C16H22N4. The number of benzene rings is 1. The van der Waals surface area contributed by atoms with Crippen LogP contribution in [0.2, 0.25) is 0 Å². The number of hydrogen-bond acceptors (Lipinski definition) is 4. The van der Waals surface area contributed by atoms with Gasteiger partial charge in [0.1, 0.15) is 12.1 Å². The van der Waals surface area contributed by atoms with E-state index in [1.54, 1.807) is 6.33 Å². The summed E-state index contributed by atoms with van der Waals surface area (Å²) in [5.74, 6) is 0.806. The summed E-state index contributed by atoms with van der Waals surface area (Å²) in [6, 6.07) is 10.5. The molecule has 0 fully saturated rings. The van der Waals surface area contributed by atoms with Crippen LogP contribution >= 0.6 is 0 Å². The highest BCUT2D eigenvalue weighted by atomic mass is 15.0. The lowest BCUT2D eigenvalue weighted by Gasteiger charge is -2.19. The Labute approximate surface area is 120 Å². The summed E-state index contributed by atoms with van der Waals surface area (Å²) in [5.41, 5.74) is 8.97. The van der Waals surface area contributed by atoms with Crippen molar-refractivity contribution in [3.63, 3.8) is 0 Å². The van der Waals surface area contributed by atoms with Crippen molar-refractivity contribution in [3.05, 3.63) is 42.2 Å². The third-order valence-electron chi connectivity index (χ3n) is 3.16. The zero-order valence-corrected chi connectivity index (χ0v) is 12.4. The quantitative estimate of drug-likeness (QED) is 0.896. The van der Waals surface area contributed by atoms with Gasteiger partial charge in [-0.25, -0.2) is 9.97 Å². The molecule has 0 unspecified atom stereocenters. The molecule has 0 saturated heterocycles. The Morgan fingerprint density at radius 2 is 1.80 bits per heavy atom. The van der Waals surface area contributed by atoms with E-state index in [0.717, 1.165) is 17.1 Å². The molecule has 3 N–H and O–H groups in total. The molecule has 0 aliphatic rings. The normalized spacial score (nSPS) is 11.4. The van der Waals surface area contributed by atoms with E-state index < -0.39 is 0 Å². The Morgan fingerprint density at radius 3 is 2.40 bits per heavy atom. The molecule has 4 nitrogen and oxygen atoms in total. The van der Waals surface area contributed by atoms with E-state index in [4.69, 9.17) is 5.73 Å². The summed E-state index contributed by atoms with van der Waals surface area (Å²) in [5, 5.41) is 3.16. The zero-order chi connectivity index (χ0) is 14.6. The minimum Gasteiger partial charge on any atom is -0.369 e. The SMILES string of the molecule is CC(C)(C)c1ccc(-c2cc(NCCN)ncn2)cc1. The molecule has 1 heterocycles. The lowest BCUT2D eigenvalue weighted by atomic mass is 9.86. The van der Waals surface area contributed by atoms with Crippen molar-refractivity contribution in [2.75, 3.05) is 18.4 Å². The Bertz CT molecular complexity index is 555. The van der Waals surface area contributed by atoms with Crippen molar-refractivity contribution in [1.82, 2.24) is 9.97 Å². The Balaban J connectivity index is 2.23. The number of nitrogens with zero attached hydrogens (tertiary/aromatic N) is 2. The van der Waals surface area contributed by atoms with E-state index >= 15 is 0 Å². The van der Waals surface area contributed by atoms with Crippen LogP contribution in [0.25, 0.3) is 11.3 Å². The van der Waals surface area contributed by atoms with Crippen LogP contribution in [-0.2, 0) is 5.41 Å². The number of rotatable bonds is 4. The van der Waals surface area contributed by atoms with E-state index in [1.165, 1.54) is 5.56 Å². The first-order chi connectivity index (χ1) is 9.50. The molecule has 1 aromatic heterocycles. The maximum absolute atomic E-state index is 5.48. The molecule has 106 valence electrons. The average Bonchev–Trinajstić information content (AvgIpc) is 2.45. The number of aromatic nitrogens is 2. The van der Waals surface area contributed by atoms with Gasteiger partial charge in [-0.05, 0) is 11.0 Å². The van der Waals surface area contributed by atoms with Crippen molar-refractivity contribution in [3.8, 4) is 11.3 Å². The van der Waals surface area contributed by atoms with Gasteiger partial charge in [0.2, 0.25) is 0 Å². The predicted octanol–water partition coefficient (Wildman–Crippen LogP) is 2.81. The van der Waals surface area contributed by atoms with E-state index in [0.29, 0.717) is 13.1 Å². The second-order valence-electron chi connectivity index (χ2n) is 5.83. The highest BCUT2D eigenvalue weighted by Gasteiger charge is 2.13. The van der Waals surface area contributed by atoms with Crippen molar-refractivity contribution < 1.29 is 0 Å². The molecule has 0 spiro atoms. The molecule has 2 rings (SSSR count). The first-order valence-electron chi connectivity index (χ1n) is 6.87. The van der Waals surface area contributed by atoms with Crippen LogP contribution in [0.4, 0.5) is 5.82 Å². The lowest BCUT2D eigenvalue weighted by Crippen LogP contribution is -2.14. The maximum Gasteiger partial charge on any atom is 0.129 e. The highest BCUT2D eigenvalue weighted by Crippen LogP contribution is 2.25. The topological polar surface area (TPSA) is 63.8 Å². The minimum absolute atomic E-state index is 0.165. The van der Waals surface area contributed by atoms with Crippen LogP contribution in [0, 0.1) is 0 Å². The number of anilines is 1. The molecule has 0 atom stereocenters. The van der Waals surface area contributed by atoms with E-state index in [2.05, 4.69) is 60.3 Å². The van der Waals surface area contributed by atoms with Crippen LogP contribution in [0.3, 0.4) is 0 Å². The Hall–Kier alpha value is -1.94. The van der Waals surface area contributed by atoms with Crippen LogP contribution in [0.1, 0.15) is 26.3 Å². The van der Waals surface area contributed by atoms with Gasteiger partial charge in [0.05, 0.1) is 5.69 Å². The fraction of sp³-hybridized carbons (Fsp3) is 0.375. The average molecular weight is 270 g/mol. The van der Waals surface area contributed by atoms with E-state index in [9.17, 15) is 0 Å². The second kappa shape index (κ2) is 6.01. The summed E-state index contributed by atoms with van der Waals surface area (Å²) in [4.78, 5) is 8.51. The third kappa shape index (κ3) is 3.54. The molecule has 4 heteroatoms. The largest absolute Gasteiger partial charge is 0.369 e. The highest BCUT2D eigenvalue weighted by molar-refractivity contribution is 5.62. The van der Waals surface area contributed by atoms with Gasteiger partial charge < -0.3 is 11.1 Å². The molecule has 0 amide bonds. The first-order valence-corrected chi connectivity index (χ1v) is 6.87. The third-order valence-corrected chi connectivity index (χ3v) is 3.16. The molecule has 2 aromatic rings. The van der Waals surface area contributed by atoms with Gasteiger partial charge in [-0.3, -0.25) is 0 Å². The summed E-state index contributed by atoms with van der Waals surface area (Å²) in [6.07, 6.45) is 1.58. The molecule has 0 aliphatic carbocycles. The van der Waals surface area contributed by atoms with Crippen LogP contribution in [0.15, 0.2) is 36.7 Å². The monoisotopic (exact) mass is 270 g/mol. The van der Waals surface area contributed by atoms with Crippen molar-refractivity contribution in [2.45, 2.75) is 26.2 Å². The molecule has 1 aromatic carbocycles. The van der Waals surface area contributed by atoms with Crippen molar-refractivity contribution in [2.24, 2.45) is 5.73 Å². The van der Waals surface area contributed by atoms with Gasteiger partial charge in [0.15, 0.2) is 0 Å². The lowest BCUT2D eigenvalue weighted by molar-refractivity contribution is 0.590. The van der Waals surface area contributed by atoms with Crippen LogP contribution < -0.4 is 11.1 Å².